The summed E-state index contributed by atoms with van der Waals surface area (Å²) in [6.07, 6.45) is 1.43. The van der Waals surface area contributed by atoms with Gasteiger partial charge in [0.15, 0.2) is 11.2 Å². The minimum absolute atomic E-state index is 0.128. The Hall–Kier alpha value is -3.47. The second-order valence-corrected chi connectivity index (χ2v) is 7.99. The Morgan fingerprint density at radius 2 is 1.75 bits per heavy atom. The summed E-state index contributed by atoms with van der Waals surface area (Å²) < 4.78 is 17.6. The Bertz CT molecular complexity index is 1350. The molecule has 0 atom stereocenters. The largest absolute Gasteiger partial charge is 0.338 e. The zero-order chi connectivity index (χ0) is 23.2. The molecule has 1 aromatic carbocycles. The number of aryl methyl sites for hydroxylation is 2. The number of fused-ring (bicyclic) bond motifs is 1. The van der Waals surface area contributed by atoms with Crippen molar-refractivity contribution in [1.82, 2.24) is 28.5 Å². The van der Waals surface area contributed by atoms with E-state index < -0.39 is 35.4 Å². The van der Waals surface area contributed by atoms with Crippen molar-refractivity contribution in [3.8, 4) is 0 Å². The molecule has 10 nitrogen and oxygen atoms in total. The number of carbonyl (C=O) groups is 2. The maximum atomic E-state index is 14.0. The molecule has 1 saturated heterocycles. The SMILES string of the molecule is Cn1cnc2c1c(=O)n(CC(=O)N1CCN(C(=O)c3cc(Cl)ccc3F)CC1)c(=O)n2C. The van der Waals surface area contributed by atoms with Crippen LogP contribution in [0.1, 0.15) is 10.4 Å². The van der Waals surface area contributed by atoms with E-state index in [1.807, 2.05) is 0 Å². The molecule has 168 valence electrons. The van der Waals surface area contributed by atoms with Crippen LogP contribution in [0.4, 0.5) is 4.39 Å². The average Bonchev–Trinajstić information content (AvgIpc) is 3.18. The maximum Gasteiger partial charge on any atom is 0.332 e. The smallest absolute Gasteiger partial charge is 0.332 e. The number of imidazole rings is 1. The molecular formula is C20H20ClFN6O4. The van der Waals surface area contributed by atoms with Gasteiger partial charge in [-0.15, -0.1) is 0 Å². The Morgan fingerprint density at radius 3 is 2.44 bits per heavy atom. The van der Waals surface area contributed by atoms with E-state index in [4.69, 9.17) is 11.6 Å². The molecule has 3 heterocycles. The third-order valence-corrected chi connectivity index (χ3v) is 5.81. The van der Waals surface area contributed by atoms with Gasteiger partial charge in [0, 0.05) is 45.3 Å². The van der Waals surface area contributed by atoms with Gasteiger partial charge in [-0.3, -0.25) is 19.0 Å². The van der Waals surface area contributed by atoms with Crippen molar-refractivity contribution in [1.29, 1.82) is 0 Å². The maximum absolute atomic E-state index is 14.0. The van der Waals surface area contributed by atoms with Gasteiger partial charge in [-0.25, -0.2) is 18.7 Å². The number of aromatic nitrogens is 4. The summed E-state index contributed by atoms with van der Waals surface area (Å²) in [5, 5.41) is 0.251. The molecule has 0 unspecified atom stereocenters. The van der Waals surface area contributed by atoms with E-state index in [0.29, 0.717) is 0 Å². The summed E-state index contributed by atoms with van der Waals surface area (Å²) in [7, 11) is 3.11. The number of carbonyl (C=O) groups excluding carboxylic acids is 2. The fourth-order valence-electron chi connectivity index (χ4n) is 3.76. The number of amides is 2. The predicted molar refractivity (Wildman–Crippen MR) is 114 cm³/mol. The van der Waals surface area contributed by atoms with Crippen molar-refractivity contribution in [2.45, 2.75) is 6.54 Å². The molecule has 0 radical (unpaired) electrons. The van der Waals surface area contributed by atoms with Crippen molar-refractivity contribution in [3.05, 3.63) is 61.8 Å². The molecule has 12 heteroatoms. The van der Waals surface area contributed by atoms with Crippen LogP contribution in [-0.4, -0.2) is 66.5 Å². The van der Waals surface area contributed by atoms with Gasteiger partial charge in [0.05, 0.1) is 11.9 Å². The standard InChI is InChI=1S/C20H20ClFN6O4/c1-24-11-23-17-16(24)19(31)28(20(32)25(17)2)10-15(29)26-5-7-27(8-6-26)18(30)13-9-12(21)3-4-14(13)22/h3-4,9,11H,5-8,10H2,1-2H3. The topological polar surface area (TPSA) is 102 Å². The van der Waals surface area contributed by atoms with E-state index in [1.165, 1.54) is 44.4 Å². The molecule has 0 spiro atoms. The zero-order valence-electron chi connectivity index (χ0n) is 17.4. The van der Waals surface area contributed by atoms with Gasteiger partial charge >= 0.3 is 5.69 Å². The summed E-state index contributed by atoms with van der Waals surface area (Å²) in [5.74, 6) is -1.60. The van der Waals surface area contributed by atoms with Crippen molar-refractivity contribution in [2.24, 2.45) is 14.1 Å². The summed E-state index contributed by atoms with van der Waals surface area (Å²) in [4.78, 5) is 57.8. The van der Waals surface area contributed by atoms with E-state index in [0.717, 1.165) is 10.6 Å². The van der Waals surface area contributed by atoms with Crippen LogP contribution in [0.3, 0.4) is 0 Å². The first-order valence-corrected chi connectivity index (χ1v) is 10.2. The molecule has 3 aromatic rings. The van der Waals surface area contributed by atoms with Crippen LogP contribution in [0.25, 0.3) is 11.2 Å². The molecule has 2 aromatic heterocycles. The quantitative estimate of drug-likeness (QED) is 0.553. The number of nitrogens with zero attached hydrogens (tertiary/aromatic N) is 6. The first-order chi connectivity index (χ1) is 15.2. The van der Waals surface area contributed by atoms with E-state index in [-0.39, 0.29) is 47.9 Å². The van der Waals surface area contributed by atoms with Gasteiger partial charge in [-0.1, -0.05) is 11.6 Å². The second kappa shape index (κ2) is 8.23. The molecular weight excluding hydrogens is 443 g/mol. The lowest BCUT2D eigenvalue weighted by Crippen LogP contribution is -2.52. The molecule has 0 saturated carbocycles. The monoisotopic (exact) mass is 462 g/mol. The second-order valence-electron chi connectivity index (χ2n) is 7.56. The summed E-state index contributed by atoms with van der Waals surface area (Å²) in [5.41, 5.74) is -0.899. The van der Waals surface area contributed by atoms with Crippen LogP contribution in [0.15, 0.2) is 34.1 Å². The minimum atomic E-state index is -0.668. The molecule has 4 rings (SSSR count). The van der Waals surface area contributed by atoms with Crippen LogP contribution < -0.4 is 11.2 Å². The van der Waals surface area contributed by atoms with Gasteiger partial charge in [-0.05, 0) is 18.2 Å². The zero-order valence-corrected chi connectivity index (χ0v) is 18.2. The number of hydrogen-bond donors (Lipinski definition) is 0. The highest BCUT2D eigenvalue weighted by Gasteiger charge is 2.27. The van der Waals surface area contributed by atoms with Crippen molar-refractivity contribution in [2.75, 3.05) is 26.2 Å². The van der Waals surface area contributed by atoms with Gasteiger partial charge < -0.3 is 14.4 Å². The third-order valence-electron chi connectivity index (χ3n) is 5.57. The fourth-order valence-corrected chi connectivity index (χ4v) is 3.93. The van der Waals surface area contributed by atoms with Gasteiger partial charge in [0.1, 0.15) is 12.4 Å². The number of hydrogen-bond acceptors (Lipinski definition) is 5. The minimum Gasteiger partial charge on any atom is -0.338 e. The highest BCUT2D eigenvalue weighted by Crippen LogP contribution is 2.18. The van der Waals surface area contributed by atoms with Crippen LogP contribution in [0.5, 0.6) is 0 Å². The number of benzene rings is 1. The number of halogens is 2. The lowest BCUT2D eigenvalue weighted by Gasteiger charge is -2.35. The lowest BCUT2D eigenvalue weighted by atomic mass is 10.1. The van der Waals surface area contributed by atoms with Gasteiger partial charge in [0.25, 0.3) is 11.5 Å². The normalized spacial score (nSPS) is 14.2. The predicted octanol–water partition coefficient (Wildman–Crippen LogP) is 0.211. The molecule has 1 aliphatic rings. The Balaban J connectivity index is 1.48. The van der Waals surface area contributed by atoms with Crippen molar-refractivity contribution in [3.63, 3.8) is 0 Å². The highest BCUT2D eigenvalue weighted by atomic mass is 35.5. The Kier molecular flexibility index (Phi) is 5.59. The van der Waals surface area contributed by atoms with Crippen LogP contribution in [0.2, 0.25) is 5.02 Å². The van der Waals surface area contributed by atoms with E-state index in [1.54, 1.807) is 7.05 Å². The summed E-state index contributed by atoms with van der Waals surface area (Å²) in [6.45, 7) is 0.323. The van der Waals surface area contributed by atoms with Gasteiger partial charge in [-0.2, -0.15) is 0 Å². The number of piperazine rings is 1. The third kappa shape index (κ3) is 3.68. The van der Waals surface area contributed by atoms with E-state index in [2.05, 4.69) is 4.98 Å². The first-order valence-electron chi connectivity index (χ1n) is 9.82. The van der Waals surface area contributed by atoms with E-state index in [9.17, 15) is 23.6 Å². The van der Waals surface area contributed by atoms with Gasteiger partial charge in [0.2, 0.25) is 5.91 Å². The fraction of sp³-hybridized carbons (Fsp3) is 0.350. The van der Waals surface area contributed by atoms with E-state index >= 15 is 0 Å². The first kappa shape index (κ1) is 21.8. The van der Waals surface area contributed by atoms with Crippen LogP contribution in [0, 0.1) is 5.82 Å². The van der Waals surface area contributed by atoms with Crippen molar-refractivity contribution < 1.29 is 14.0 Å². The van der Waals surface area contributed by atoms with Crippen LogP contribution in [-0.2, 0) is 25.4 Å². The molecule has 0 bridgehead atoms. The van der Waals surface area contributed by atoms with Crippen LogP contribution >= 0.6 is 11.6 Å². The Labute approximate surface area is 186 Å². The molecule has 0 N–H and O–H groups in total. The number of rotatable bonds is 3. The molecule has 1 fully saturated rings. The average molecular weight is 463 g/mol. The van der Waals surface area contributed by atoms with Crippen molar-refractivity contribution >= 4 is 34.6 Å². The highest BCUT2D eigenvalue weighted by molar-refractivity contribution is 6.31. The summed E-state index contributed by atoms with van der Waals surface area (Å²) >= 11 is 5.87. The molecule has 1 aliphatic heterocycles. The lowest BCUT2D eigenvalue weighted by molar-refractivity contribution is -0.133. The molecule has 0 aliphatic carbocycles. The molecule has 32 heavy (non-hydrogen) atoms. The Morgan fingerprint density at radius 1 is 1.09 bits per heavy atom. The molecule has 2 amide bonds. The summed E-state index contributed by atoms with van der Waals surface area (Å²) in [6, 6.07) is 3.76.